The first kappa shape index (κ1) is 28.0. The summed E-state index contributed by atoms with van der Waals surface area (Å²) >= 11 is 15.8. The molecule has 0 amide bonds. The maximum absolute atomic E-state index is 6.93. The number of hydrogen-bond acceptors (Lipinski definition) is 7. The minimum atomic E-state index is 0.419. The van der Waals surface area contributed by atoms with Crippen LogP contribution in [0, 0.1) is 5.41 Å². The third-order valence-corrected chi connectivity index (χ3v) is 5.73. The molecule has 6 nitrogen and oxygen atoms in total. The van der Waals surface area contributed by atoms with Crippen molar-refractivity contribution in [3.63, 3.8) is 0 Å². The molecule has 0 saturated heterocycles. The van der Waals surface area contributed by atoms with Gasteiger partial charge in [0.2, 0.25) is 11.8 Å². The maximum Gasteiger partial charge on any atom is 0.228 e. The highest BCUT2D eigenvalue weighted by molar-refractivity contribution is 7.74. The fraction of sp³-hybridized carbons (Fsp3) is 0.259. The van der Waals surface area contributed by atoms with Crippen LogP contribution in [-0.4, -0.2) is 15.2 Å². The van der Waals surface area contributed by atoms with Crippen molar-refractivity contribution in [2.24, 2.45) is 5.41 Å². The summed E-state index contributed by atoms with van der Waals surface area (Å²) in [4.78, 5) is 8.95. The summed E-state index contributed by atoms with van der Waals surface area (Å²) in [5.74, 6) is 0.837. The van der Waals surface area contributed by atoms with Crippen molar-refractivity contribution in [1.82, 2.24) is 9.97 Å². The lowest BCUT2D eigenvalue weighted by atomic mass is 9.91. The monoisotopic (exact) mass is 546 g/mol. The first-order valence-electron chi connectivity index (χ1n) is 11.3. The minimum Gasteiger partial charge on any atom is -0.436 e. The number of fused-ring (bicyclic) bond motifs is 2. The number of benzene rings is 3. The van der Waals surface area contributed by atoms with Gasteiger partial charge in [-0.2, -0.15) is 4.33 Å². The number of rotatable bonds is 3. The number of para-hydroxylation sites is 4. The molecule has 2 aromatic heterocycles. The van der Waals surface area contributed by atoms with E-state index in [1.54, 1.807) is 12.1 Å². The molecule has 5 aromatic rings. The van der Waals surface area contributed by atoms with Crippen LogP contribution >= 0.6 is 36.1 Å². The zero-order valence-corrected chi connectivity index (χ0v) is 22.9. The van der Waals surface area contributed by atoms with Gasteiger partial charge in [-0.05, 0) is 48.2 Å². The van der Waals surface area contributed by atoms with E-state index in [0.29, 0.717) is 49.5 Å². The molecule has 0 atom stereocenters. The third-order valence-electron chi connectivity index (χ3n) is 5.11. The van der Waals surface area contributed by atoms with Crippen LogP contribution in [0.4, 0.5) is 0 Å². The molecule has 36 heavy (non-hydrogen) atoms. The molecule has 0 spiro atoms. The molecule has 3 aromatic carbocycles. The summed E-state index contributed by atoms with van der Waals surface area (Å²) in [5, 5.41) is 7.85. The van der Waals surface area contributed by atoms with Gasteiger partial charge in [-0.3, -0.25) is 0 Å². The highest BCUT2D eigenvalue weighted by atomic mass is 35.5. The largest absolute Gasteiger partial charge is 0.436 e. The van der Waals surface area contributed by atoms with Crippen molar-refractivity contribution < 1.29 is 18.4 Å². The number of aromatic nitrogens is 2. The van der Waals surface area contributed by atoms with Crippen molar-refractivity contribution in [1.29, 1.82) is 0 Å². The Morgan fingerprint density at radius 3 is 1.53 bits per heavy atom. The van der Waals surface area contributed by atoms with E-state index in [1.807, 2.05) is 48.5 Å². The quantitative estimate of drug-likeness (QED) is 0.101. The van der Waals surface area contributed by atoms with Crippen LogP contribution in [0.1, 0.15) is 40.5 Å². The Balaban J connectivity index is 0.000000310. The van der Waals surface area contributed by atoms with E-state index >= 15 is 0 Å². The molecular weight excluding hydrogens is 519 g/mol. The molecule has 1 N–H and O–H groups in total. The second-order valence-corrected chi connectivity index (χ2v) is 10.2. The van der Waals surface area contributed by atoms with Crippen LogP contribution in [-0.2, 0) is 4.33 Å². The molecule has 0 bridgehead atoms. The molecule has 9 heteroatoms. The van der Waals surface area contributed by atoms with E-state index in [9.17, 15) is 0 Å². The molecule has 0 aliphatic rings. The summed E-state index contributed by atoms with van der Waals surface area (Å²) in [6.07, 6.45) is 2.65. The average Bonchev–Trinajstić information content (AvgIpc) is 3.44. The van der Waals surface area contributed by atoms with Gasteiger partial charge in [-0.25, -0.2) is 15.2 Å². The van der Waals surface area contributed by atoms with Crippen molar-refractivity contribution in [3.8, 4) is 22.9 Å². The normalized spacial score (nSPS) is 11.1. The van der Waals surface area contributed by atoms with Gasteiger partial charge >= 0.3 is 0 Å². The van der Waals surface area contributed by atoms with Crippen molar-refractivity contribution in [3.05, 3.63) is 70.7 Å². The van der Waals surface area contributed by atoms with Crippen LogP contribution in [0.5, 0.6) is 0 Å². The zero-order chi connectivity index (χ0) is 26.3. The highest BCUT2D eigenvalue weighted by Gasteiger charge is 2.18. The molecule has 190 valence electrons. The average molecular weight is 548 g/mol. The van der Waals surface area contributed by atoms with E-state index in [1.165, 1.54) is 12.8 Å². The topological polar surface area (TPSA) is 81.5 Å². The molecule has 0 fully saturated rings. The fourth-order valence-corrected chi connectivity index (χ4v) is 4.09. The Labute approximate surface area is 225 Å². The summed E-state index contributed by atoms with van der Waals surface area (Å²) < 4.78 is 14.5. The van der Waals surface area contributed by atoms with Crippen LogP contribution in [0.2, 0.25) is 10.0 Å². The Bertz CT molecular complexity index is 1260. The molecular formula is C27H28Cl2N2O4S. The van der Waals surface area contributed by atoms with Crippen LogP contribution in [0.15, 0.2) is 69.5 Å². The van der Waals surface area contributed by atoms with Gasteiger partial charge < -0.3 is 8.83 Å². The number of oxazole rings is 2. The highest BCUT2D eigenvalue weighted by Crippen LogP contribution is 2.38. The Kier molecular flexibility index (Phi) is 9.82. The first-order chi connectivity index (χ1) is 17.2. The third kappa shape index (κ3) is 7.24. The van der Waals surface area contributed by atoms with E-state index in [-0.39, 0.29) is 0 Å². The number of thiol groups is 1. The summed E-state index contributed by atoms with van der Waals surface area (Å²) in [6, 6.07) is 18.5. The molecule has 0 aliphatic carbocycles. The number of nitrogens with zero attached hydrogens (tertiary/aromatic N) is 2. The van der Waals surface area contributed by atoms with Crippen molar-refractivity contribution in [2.45, 2.75) is 40.5 Å². The summed E-state index contributed by atoms with van der Waals surface area (Å²) in [5.41, 5.74) is 4.70. The van der Waals surface area contributed by atoms with E-state index in [2.05, 4.69) is 54.9 Å². The molecule has 0 radical (unpaired) electrons. The first-order valence-corrected chi connectivity index (χ1v) is 12.4. The minimum absolute atomic E-state index is 0.419. The lowest BCUT2D eigenvalue weighted by Crippen LogP contribution is -2.02. The van der Waals surface area contributed by atoms with Crippen molar-refractivity contribution >= 4 is 58.3 Å². The second kappa shape index (κ2) is 12.6. The summed E-state index contributed by atoms with van der Waals surface area (Å²) in [6.45, 7) is 9.05. The molecule has 0 aliphatic heterocycles. The SMILES string of the molecule is CCCC(C)(C)C.Clc1cc(-c2nc3ccccc3o2)c(Cl)cc1-c1nc2ccccc2o1.OOS. The Hall–Kier alpha value is -2.55. The summed E-state index contributed by atoms with van der Waals surface area (Å²) in [7, 11) is 0. The van der Waals surface area contributed by atoms with Crippen LogP contribution in [0.3, 0.4) is 0 Å². The van der Waals surface area contributed by atoms with Crippen molar-refractivity contribution in [2.75, 3.05) is 0 Å². The standard InChI is InChI=1S/C20H10Cl2N2O2.C7H16.H2O2S/c21-13-10-12(20-24-16-6-2-4-8-18(16)26-20)14(22)9-11(13)19-23-15-5-1-3-7-17(15)25-19;1-5-6-7(2,3)4;1-2-3/h1-10H;5-6H2,1-4H3;1,3H. The van der Waals surface area contributed by atoms with E-state index in [0.717, 1.165) is 11.0 Å². The lowest BCUT2D eigenvalue weighted by Gasteiger charge is -2.15. The Morgan fingerprint density at radius 1 is 0.833 bits per heavy atom. The van der Waals surface area contributed by atoms with Gasteiger partial charge in [0.15, 0.2) is 11.2 Å². The molecule has 2 heterocycles. The van der Waals surface area contributed by atoms with Gasteiger partial charge in [0.25, 0.3) is 0 Å². The molecule has 5 rings (SSSR count). The van der Waals surface area contributed by atoms with Gasteiger partial charge in [-0.1, -0.05) is 81.6 Å². The predicted octanol–water partition coefficient (Wildman–Crippen LogP) is 9.76. The molecule has 0 unspecified atom stereocenters. The maximum atomic E-state index is 6.93. The van der Waals surface area contributed by atoms with Crippen LogP contribution < -0.4 is 0 Å². The smallest absolute Gasteiger partial charge is 0.228 e. The van der Waals surface area contributed by atoms with Crippen LogP contribution in [0.25, 0.3) is 45.1 Å². The fourth-order valence-electron chi connectivity index (χ4n) is 3.60. The number of halogens is 2. The van der Waals surface area contributed by atoms with E-state index in [4.69, 9.17) is 37.3 Å². The van der Waals surface area contributed by atoms with E-state index < -0.39 is 0 Å². The lowest BCUT2D eigenvalue weighted by molar-refractivity contribution is -0.113. The van der Waals surface area contributed by atoms with Gasteiger partial charge in [-0.15, -0.1) is 0 Å². The second-order valence-electron chi connectivity index (χ2n) is 9.18. The van der Waals surface area contributed by atoms with Gasteiger partial charge in [0.1, 0.15) is 11.0 Å². The molecule has 0 saturated carbocycles. The Morgan fingerprint density at radius 2 is 1.22 bits per heavy atom. The van der Waals surface area contributed by atoms with Gasteiger partial charge in [0.05, 0.1) is 21.2 Å². The van der Waals surface area contributed by atoms with Gasteiger partial charge in [0, 0.05) is 12.9 Å². The predicted molar refractivity (Wildman–Crippen MR) is 150 cm³/mol. The number of hydrogen-bond donors (Lipinski definition) is 2. The zero-order valence-electron chi connectivity index (χ0n) is 20.5.